The Morgan fingerprint density at radius 2 is 2.19 bits per heavy atom. The van der Waals surface area contributed by atoms with Crippen molar-refractivity contribution in [2.24, 2.45) is 0 Å². The minimum atomic E-state index is -0.278. The van der Waals surface area contributed by atoms with Gasteiger partial charge in [0.15, 0.2) is 0 Å². The van der Waals surface area contributed by atoms with E-state index in [-0.39, 0.29) is 5.82 Å². The van der Waals surface area contributed by atoms with Gasteiger partial charge in [0.05, 0.1) is 0 Å². The molecule has 0 saturated carbocycles. The molecular formula is C12H12FNS2. The summed E-state index contributed by atoms with van der Waals surface area (Å²) >= 11 is 3.43. The topological polar surface area (TPSA) is 26.0 Å². The molecule has 16 heavy (non-hydrogen) atoms. The SMILES string of the molecule is Nc1cc(F)ccc1SCCc1cccs1. The van der Waals surface area contributed by atoms with Gasteiger partial charge in [0.2, 0.25) is 0 Å². The molecule has 0 bridgehead atoms. The van der Waals surface area contributed by atoms with Gasteiger partial charge in [-0.2, -0.15) is 0 Å². The van der Waals surface area contributed by atoms with Crippen molar-refractivity contribution in [1.29, 1.82) is 0 Å². The highest BCUT2D eigenvalue weighted by molar-refractivity contribution is 7.99. The Kier molecular flexibility index (Phi) is 3.85. The van der Waals surface area contributed by atoms with Gasteiger partial charge in [-0.3, -0.25) is 0 Å². The summed E-state index contributed by atoms with van der Waals surface area (Å²) in [5.74, 6) is 0.691. The minimum Gasteiger partial charge on any atom is -0.398 e. The van der Waals surface area contributed by atoms with E-state index in [4.69, 9.17) is 5.73 Å². The predicted molar refractivity (Wildman–Crippen MR) is 69.6 cm³/mol. The number of nitrogens with two attached hydrogens (primary N) is 1. The van der Waals surface area contributed by atoms with E-state index in [2.05, 4.69) is 17.5 Å². The van der Waals surface area contributed by atoms with Gasteiger partial charge in [-0.15, -0.1) is 23.1 Å². The molecule has 84 valence electrons. The summed E-state index contributed by atoms with van der Waals surface area (Å²) in [6.07, 6.45) is 1.03. The Bertz CT molecular complexity index is 454. The van der Waals surface area contributed by atoms with Crippen LogP contribution in [0, 0.1) is 5.82 Å². The van der Waals surface area contributed by atoms with Crippen LogP contribution in [0.15, 0.2) is 40.6 Å². The molecule has 2 rings (SSSR count). The Labute approximate surface area is 102 Å². The number of rotatable bonds is 4. The first kappa shape index (κ1) is 11.5. The van der Waals surface area contributed by atoms with E-state index >= 15 is 0 Å². The Morgan fingerprint density at radius 1 is 1.31 bits per heavy atom. The smallest absolute Gasteiger partial charge is 0.125 e. The van der Waals surface area contributed by atoms with Gasteiger partial charge in [-0.1, -0.05) is 6.07 Å². The molecule has 0 amide bonds. The standard InChI is InChI=1S/C12H12FNS2/c13-9-3-4-12(11(14)8-9)16-7-5-10-2-1-6-15-10/h1-4,6,8H,5,7,14H2. The van der Waals surface area contributed by atoms with Crippen molar-refractivity contribution in [2.45, 2.75) is 11.3 Å². The summed E-state index contributed by atoms with van der Waals surface area (Å²) in [5.41, 5.74) is 6.25. The van der Waals surface area contributed by atoms with Crippen molar-refractivity contribution in [3.8, 4) is 0 Å². The van der Waals surface area contributed by atoms with Gasteiger partial charge in [0.25, 0.3) is 0 Å². The highest BCUT2D eigenvalue weighted by Gasteiger charge is 2.02. The molecule has 2 aromatic rings. The Morgan fingerprint density at radius 3 is 2.88 bits per heavy atom. The number of halogens is 1. The largest absolute Gasteiger partial charge is 0.398 e. The Balaban J connectivity index is 1.90. The lowest BCUT2D eigenvalue weighted by molar-refractivity contribution is 0.627. The van der Waals surface area contributed by atoms with Crippen LogP contribution in [-0.2, 0) is 6.42 Å². The summed E-state index contributed by atoms with van der Waals surface area (Å²) in [6, 6.07) is 8.73. The van der Waals surface area contributed by atoms with E-state index < -0.39 is 0 Å². The third-order valence-electron chi connectivity index (χ3n) is 2.16. The highest BCUT2D eigenvalue weighted by atomic mass is 32.2. The lowest BCUT2D eigenvalue weighted by Gasteiger charge is -2.04. The van der Waals surface area contributed by atoms with E-state index in [9.17, 15) is 4.39 Å². The fourth-order valence-corrected chi connectivity index (χ4v) is 3.14. The molecule has 1 aromatic carbocycles. The molecule has 1 aromatic heterocycles. The fraction of sp³-hybridized carbons (Fsp3) is 0.167. The van der Waals surface area contributed by atoms with Gasteiger partial charge in [-0.25, -0.2) is 4.39 Å². The third-order valence-corrected chi connectivity index (χ3v) is 4.19. The van der Waals surface area contributed by atoms with Gasteiger partial charge in [-0.05, 0) is 36.1 Å². The van der Waals surface area contributed by atoms with Crippen LogP contribution in [0.2, 0.25) is 0 Å². The van der Waals surface area contributed by atoms with Gasteiger partial charge in [0.1, 0.15) is 5.82 Å². The number of thiophene rings is 1. The van der Waals surface area contributed by atoms with Crippen LogP contribution in [0.5, 0.6) is 0 Å². The molecule has 0 saturated heterocycles. The summed E-state index contributed by atoms with van der Waals surface area (Å²) in [6.45, 7) is 0. The van der Waals surface area contributed by atoms with Crippen LogP contribution in [0.25, 0.3) is 0 Å². The maximum atomic E-state index is 12.8. The highest BCUT2D eigenvalue weighted by Crippen LogP contribution is 2.26. The Hall–Kier alpha value is -1.00. The van der Waals surface area contributed by atoms with Crippen LogP contribution >= 0.6 is 23.1 Å². The molecule has 0 unspecified atom stereocenters. The van der Waals surface area contributed by atoms with Crippen molar-refractivity contribution in [2.75, 3.05) is 11.5 Å². The lowest BCUT2D eigenvalue weighted by Crippen LogP contribution is -1.91. The molecule has 0 fully saturated rings. The summed E-state index contributed by atoms with van der Waals surface area (Å²) in [4.78, 5) is 2.33. The maximum Gasteiger partial charge on any atom is 0.125 e. The van der Waals surface area contributed by atoms with E-state index in [0.29, 0.717) is 5.69 Å². The van der Waals surface area contributed by atoms with Crippen LogP contribution < -0.4 is 5.73 Å². The van der Waals surface area contributed by atoms with Gasteiger partial charge < -0.3 is 5.73 Å². The maximum absolute atomic E-state index is 12.8. The van der Waals surface area contributed by atoms with Crippen molar-refractivity contribution in [3.63, 3.8) is 0 Å². The number of thioether (sulfide) groups is 1. The third kappa shape index (κ3) is 3.00. The zero-order chi connectivity index (χ0) is 11.4. The van der Waals surface area contributed by atoms with Crippen LogP contribution in [0.4, 0.5) is 10.1 Å². The first-order chi connectivity index (χ1) is 7.75. The molecule has 0 spiro atoms. The molecule has 0 aliphatic rings. The predicted octanol–water partition coefficient (Wildman–Crippen LogP) is 3.80. The van der Waals surface area contributed by atoms with E-state index in [0.717, 1.165) is 17.1 Å². The summed E-state index contributed by atoms with van der Waals surface area (Å²) in [7, 11) is 0. The van der Waals surface area contributed by atoms with Crippen molar-refractivity contribution in [3.05, 3.63) is 46.4 Å². The zero-order valence-electron chi connectivity index (χ0n) is 8.65. The van der Waals surface area contributed by atoms with Crippen molar-refractivity contribution >= 4 is 28.8 Å². The summed E-state index contributed by atoms with van der Waals surface area (Å²) < 4.78 is 12.8. The van der Waals surface area contributed by atoms with Gasteiger partial charge >= 0.3 is 0 Å². The fourth-order valence-electron chi connectivity index (χ4n) is 1.37. The van der Waals surface area contributed by atoms with Crippen molar-refractivity contribution < 1.29 is 4.39 Å². The monoisotopic (exact) mass is 253 g/mol. The quantitative estimate of drug-likeness (QED) is 0.662. The number of anilines is 1. The average Bonchev–Trinajstić information content (AvgIpc) is 2.74. The number of nitrogen functional groups attached to an aromatic ring is 1. The molecule has 1 nitrogen and oxygen atoms in total. The molecule has 4 heteroatoms. The first-order valence-corrected chi connectivity index (χ1v) is 6.82. The van der Waals surface area contributed by atoms with E-state index in [1.54, 1.807) is 29.2 Å². The molecule has 1 heterocycles. The molecule has 0 atom stereocenters. The van der Waals surface area contributed by atoms with Crippen LogP contribution in [0.3, 0.4) is 0 Å². The molecular weight excluding hydrogens is 241 g/mol. The number of benzene rings is 1. The van der Waals surface area contributed by atoms with E-state index in [1.807, 2.05) is 0 Å². The molecule has 0 aliphatic heterocycles. The molecule has 0 aliphatic carbocycles. The van der Waals surface area contributed by atoms with E-state index in [1.165, 1.54) is 17.0 Å². The minimum absolute atomic E-state index is 0.278. The second kappa shape index (κ2) is 5.37. The molecule has 0 radical (unpaired) electrons. The number of hydrogen-bond donors (Lipinski definition) is 1. The second-order valence-corrected chi connectivity index (χ2v) is 5.53. The summed E-state index contributed by atoms with van der Waals surface area (Å²) in [5, 5.41) is 2.08. The normalized spacial score (nSPS) is 10.6. The molecule has 2 N–H and O–H groups in total. The number of hydrogen-bond acceptors (Lipinski definition) is 3. The second-order valence-electron chi connectivity index (χ2n) is 3.36. The van der Waals surface area contributed by atoms with Crippen LogP contribution in [0.1, 0.15) is 4.88 Å². The zero-order valence-corrected chi connectivity index (χ0v) is 10.3. The van der Waals surface area contributed by atoms with Crippen LogP contribution in [-0.4, -0.2) is 5.75 Å². The number of aryl methyl sites for hydroxylation is 1. The van der Waals surface area contributed by atoms with Gasteiger partial charge in [0, 0.05) is 21.2 Å². The van der Waals surface area contributed by atoms with Crippen molar-refractivity contribution in [1.82, 2.24) is 0 Å². The lowest BCUT2D eigenvalue weighted by atomic mass is 10.3. The average molecular weight is 253 g/mol. The first-order valence-electron chi connectivity index (χ1n) is 4.96.